The van der Waals surface area contributed by atoms with E-state index in [0.29, 0.717) is 0 Å². The zero-order valence-electron chi connectivity index (χ0n) is 10.8. The highest BCUT2D eigenvalue weighted by Gasteiger charge is 2.44. The lowest BCUT2D eigenvalue weighted by molar-refractivity contribution is -0.163. The van der Waals surface area contributed by atoms with E-state index in [2.05, 4.69) is 4.74 Å². The summed E-state index contributed by atoms with van der Waals surface area (Å²) in [5.74, 6) is -21.4. The second-order valence-corrected chi connectivity index (χ2v) is 4.23. The van der Waals surface area contributed by atoms with E-state index in [1.807, 2.05) is 0 Å². The van der Waals surface area contributed by atoms with Crippen LogP contribution in [0.15, 0.2) is 30.3 Å². The third-order valence-corrected chi connectivity index (χ3v) is 2.76. The number of carbonyl (C=O) groups excluding carboxylic acids is 1. The number of ether oxygens (including phenoxy) is 1. The first-order valence-corrected chi connectivity index (χ1v) is 5.85. The molecular formula is C14H5F7O2. The van der Waals surface area contributed by atoms with Crippen molar-refractivity contribution in [1.29, 1.82) is 0 Å². The minimum absolute atomic E-state index is 0.819. The molecule has 0 aromatic heterocycles. The lowest BCUT2D eigenvalue weighted by Crippen LogP contribution is -2.31. The van der Waals surface area contributed by atoms with E-state index in [-0.39, 0.29) is 0 Å². The Hall–Kier alpha value is -2.58. The van der Waals surface area contributed by atoms with E-state index in [9.17, 15) is 35.5 Å². The summed E-state index contributed by atoms with van der Waals surface area (Å²) < 4.78 is 96.6. The van der Waals surface area contributed by atoms with Crippen molar-refractivity contribution in [2.75, 3.05) is 0 Å². The van der Waals surface area contributed by atoms with Crippen LogP contribution in [0.2, 0.25) is 0 Å². The van der Waals surface area contributed by atoms with E-state index < -0.39 is 52.3 Å². The van der Waals surface area contributed by atoms with Crippen molar-refractivity contribution < 1.29 is 40.3 Å². The quantitative estimate of drug-likeness (QED) is 0.277. The molecule has 0 aliphatic rings. The number of rotatable bonds is 3. The molecule has 9 heteroatoms. The van der Waals surface area contributed by atoms with Gasteiger partial charge in [0.15, 0.2) is 0 Å². The molecule has 0 N–H and O–H groups in total. The molecule has 0 fully saturated rings. The molecule has 0 aliphatic carbocycles. The number of carbonyl (C=O) groups is 1. The Morgan fingerprint density at radius 1 is 0.783 bits per heavy atom. The van der Waals surface area contributed by atoms with Gasteiger partial charge in [0.05, 0.1) is 0 Å². The molecule has 0 aliphatic heterocycles. The van der Waals surface area contributed by atoms with Gasteiger partial charge in [0.1, 0.15) is 0 Å². The summed E-state index contributed by atoms with van der Waals surface area (Å²) in [6.45, 7) is 0. The highest BCUT2D eigenvalue weighted by molar-refractivity contribution is 5.81. The molecule has 0 saturated heterocycles. The van der Waals surface area contributed by atoms with E-state index in [0.717, 1.165) is 24.3 Å². The zero-order valence-corrected chi connectivity index (χ0v) is 10.8. The first-order chi connectivity index (χ1) is 10.7. The standard InChI is InChI=1S/C14H5F7O2/c15-7-8(16)10(18)12(11(19)9(7)17)23-13(22)14(20,21)6-4-2-1-3-5-6/h1-5H. The molecule has 0 bridgehead atoms. The summed E-state index contributed by atoms with van der Waals surface area (Å²) in [5, 5.41) is 0. The zero-order chi connectivity index (χ0) is 17.4. The average molecular weight is 338 g/mol. The fourth-order valence-corrected chi connectivity index (χ4v) is 1.60. The number of halogens is 7. The molecule has 0 spiro atoms. The Bertz CT molecular complexity index is 730. The van der Waals surface area contributed by atoms with E-state index in [1.54, 1.807) is 0 Å². The first-order valence-electron chi connectivity index (χ1n) is 5.85. The second kappa shape index (κ2) is 5.90. The maximum Gasteiger partial charge on any atom is 0.387 e. The highest BCUT2D eigenvalue weighted by Crippen LogP contribution is 2.34. The molecule has 0 radical (unpaired) electrons. The van der Waals surface area contributed by atoms with Crippen LogP contribution in [0.3, 0.4) is 0 Å². The normalized spacial score (nSPS) is 11.4. The highest BCUT2D eigenvalue weighted by atomic mass is 19.3. The summed E-state index contributed by atoms with van der Waals surface area (Å²) in [5.41, 5.74) is -0.881. The molecule has 122 valence electrons. The van der Waals surface area contributed by atoms with Gasteiger partial charge in [0.25, 0.3) is 0 Å². The molecule has 0 unspecified atom stereocenters. The van der Waals surface area contributed by atoms with Crippen molar-refractivity contribution in [2.24, 2.45) is 0 Å². The minimum atomic E-state index is -4.36. The predicted octanol–water partition coefficient (Wildman–Crippen LogP) is 4.08. The summed E-state index contributed by atoms with van der Waals surface area (Å²) in [4.78, 5) is 11.4. The molecule has 0 amide bonds. The second-order valence-electron chi connectivity index (χ2n) is 4.23. The third-order valence-electron chi connectivity index (χ3n) is 2.76. The van der Waals surface area contributed by atoms with Crippen LogP contribution in [0.4, 0.5) is 30.7 Å². The summed E-state index contributed by atoms with van der Waals surface area (Å²) in [6, 6.07) is 5.29. The topological polar surface area (TPSA) is 26.3 Å². The molecule has 0 atom stereocenters. The Kier molecular flexibility index (Phi) is 4.31. The van der Waals surface area contributed by atoms with Crippen molar-refractivity contribution in [3.8, 4) is 5.75 Å². The largest absolute Gasteiger partial charge is 0.415 e. The summed E-state index contributed by atoms with van der Waals surface area (Å²) in [6.07, 6.45) is 0. The van der Waals surface area contributed by atoms with Crippen LogP contribution in [0.25, 0.3) is 0 Å². The lowest BCUT2D eigenvalue weighted by atomic mass is 10.1. The van der Waals surface area contributed by atoms with Crippen LogP contribution in [0.1, 0.15) is 5.56 Å². The predicted molar refractivity (Wildman–Crippen MR) is 62.2 cm³/mol. The van der Waals surface area contributed by atoms with Gasteiger partial charge >= 0.3 is 11.9 Å². The Morgan fingerprint density at radius 2 is 1.22 bits per heavy atom. The maximum atomic E-state index is 13.8. The fraction of sp³-hybridized carbons (Fsp3) is 0.0714. The van der Waals surface area contributed by atoms with Gasteiger partial charge in [-0.25, -0.2) is 18.0 Å². The van der Waals surface area contributed by atoms with Crippen LogP contribution in [-0.4, -0.2) is 5.97 Å². The molecule has 0 saturated carbocycles. The first kappa shape index (κ1) is 16.8. The van der Waals surface area contributed by atoms with Crippen LogP contribution in [0.5, 0.6) is 5.75 Å². The summed E-state index contributed by atoms with van der Waals surface area (Å²) >= 11 is 0. The van der Waals surface area contributed by atoms with Crippen molar-refractivity contribution in [3.05, 3.63) is 65.0 Å². The SMILES string of the molecule is O=C(Oc1c(F)c(F)c(F)c(F)c1F)C(F)(F)c1ccccc1. The fourth-order valence-electron chi connectivity index (χ4n) is 1.60. The molecule has 2 aromatic carbocycles. The Morgan fingerprint density at radius 3 is 1.70 bits per heavy atom. The molecule has 2 aromatic rings. The number of esters is 1. The molecule has 2 nitrogen and oxygen atoms in total. The Balaban J connectivity index is 2.42. The monoisotopic (exact) mass is 338 g/mol. The molecular weight excluding hydrogens is 333 g/mol. The van der Waals surface area contributed by atoms with Gasteiger partial charge in [0, 0.05) is 5.56 Å². The van der Waals surface area contributed by atoms with Gasteiger partial charge in [0.2, 0.25) is 34.8 Å². The van der Waals surface area contributed by atoms with Crippen molar-refractivity contribution >= 4 is 5.97 Å². The van der Waals surface area contributed by atoms with Gasteiger partial charge in [-0.15, -0.1) is 0 Å². The number of alkyl halides is 2. The van der Waals surface area contributed by atoms with Crippen LogP contribution >= 0.6 is 0 Å². The smallest absolute Gasteiger partial charge is 0.387 e. The van der Waals surface area contributed by atoms with Gasteiger partial charge in [-0.2, -0.15) is 17.6 Å². The minimum Gasteiger partial charge on any atom is -0.415 e. The van der Waals surface area contributed by atoms with Crippen molar-refractivity contribution in [1.82, 2.24) is 0 Å². The van der Waals surface area contributed by atoms with Crippen LogP contribution in [0, 0.1) is 29.1 Å². The number of hydrogen-bond acceptors (Lipinski definition) is 2. The van der Waals surface area contributed by atoms with E-state index in [1.165, 1.54) is 6.07 Å². The lowest BCUT2D eigenvalue weighted by Gasteiger charge is -2.16. The number of hydrogen-bond donors (Lipinski definition) is 0. The van der Waals surface area contributed by atoms with E-state index in [4.69, 9.17) is 0 Å². The third kappa shape index (κ3) is 2.86. The van der Waals surface area contributed by atoms with Gasteiger partial charge in [-0.05, 0) is 0 Å². The Labute approximate surface area is 124 Å². The van der Waals surface area contributed by atoms with Gasteiger partial charge in [-0.1, -0.05) is 30.3 Å². The van der Waals surface area contributed by atoms with Crippen LogP contribution in [-0.2, 0) is 10.7 Å². The van der Waals surface area contributed by atoms with Crippen molar-refractivity contribution in [2.45, 2.75) is 5.92 Å². The van der Waals surface area contributed by atoms with Crippen molar-refractivity contribution in [3.63, 3.8) is 0 Å². The number of benzene rings is 2. The summed E-state index contributed by atoms with van der Waals surface area (Å²) in [7, 11) is 0. The van der Waals surface area contributed by atoms with E-state index >= 15 is 0 Å². The molecule has 0 heterocycles. The molecule has 23 heavy (non-hydrogen) atoms. The van der Waals surface area contributed by atoms with Gasteiger partial charge < -0.3 is 4.74 Å². The van der Waals surface area contributed by atoms with Gasteiger partial charge in [-0.3, -0.25) is 0 Å². The van der Waals surface area contributed by atoms with Crippen LogP contribution < -0.4 is 4.74 Å². The molecule has 2 rings (SSSR count). The average Bonchev–Trinajstić information content (AvgIpc) is 2.55. The maximum absolute atomic E-state index is 13.8.